The van der Waals surface area contributed by atoms with Crippen molar-refractivity contribution in [2.75, 3.05) is 36.0 Å². The summed E-state index contributed by atoms with van der Waals surface area (Å²) in [4.78, 5) is 8.97. The Morgan fingerprint density at radius 1 is 0.824 bits per heavy atom. The monoisotopic (exact) mass is 537 g/mol. The van der Waals surface area contributed by atoms with E-state index in [2.05, 4.69) is 37.9 Å². The third-order valence-corrected chi connectivity index (χ3v) is 8.14. The van der Waals surface area contributed by atoms with Gasteiger partial charge in [-0.15, -0.1) is 0 Å². The lowest BCUT2D eigenvalue weighted by Gasteiger charge is -2.36. The molecule has 0 N–H and O–H groups in total. The molecule has 1 aliphatic rings. The Morgan fingerprint density at radius 3 is 2.09 bits per heavy atom. The summed E-state index contributed by atoms with van der Waals surface area (Å²) in [5.41, 5.74) is 3.00. The third kappa shape index (κ3) is 4.48. The number of anilines is 2. The van der Waals surface area contributed by atoms with Crippen LogP contribution in [0.4, 0.5) is 11.6 Å². The van der Waals surface area contributed by atoms with Gasteiger partial charge in [0.25, 0.3) is 0 Å². The summed E-state index contributed by atoms with van der Waals surface area (Å²) in [6.45, 7) is 4.76. The van der Waals surface area contributed by atoms with E-state index >= 15 is 0 Å². The Kier molecular flexibility index (Phi) is 6.18. The molecule has 1 aromatic heterocycles. The molecule has 0 radical (unpaired) electrons. The first-order valence-corrected chi connectivity index (χ1v) is 13.3. The van der Waals surface area contributed by atoms with Crippen molar-refractivity contribution in [2.24, 2.45) is 0 Å². The minimum Gasteiger partial charge on any atom is -0.419 e. The maximum absolute atomic E-state index is 13.6. The van der Waals surface area contributed by atoms with Crippen LogP contribution >= 0.6 is 15.9 Å². The molecule has 4 aromatic rings. The molecule has 0 bridgehead atoms. The van der Waals surface area contributed by atoms with Crippen LogP contribution in [0.3, 0.4) is 0 Å². The molecule has 1 fully saturated rings. The predicted octanol–water partition coefficient (Wildman–Crippen LogP) is 5.57. The van der Waals surface area contributed by atoms with Crippen molar-refractivity contribution >= 4 is 37.3 Å². The Balaban J connectivity index is 1.52. The molecule has 1 aliphatic heterocycles. The smallest absolute Gasteiger partial charge is 0.236 e. The molecule has 8 heteroatoms. The van der Waals surface area contributed by atoms with Crippen molar-refractivity contribution < 1.29 is 12.8 Å². The van der Waals surface area contributed by atoms with Gasteiger partial charge in [0.1, 0.15) is 0 Å². The number of oxazole rings is 1. The Labute approximate surface area is 207 Å². The van der Waals surface area contributed by atoms with Crippen LogP contribution in [0.2, 0.25) is 0 Å². The summed E-state index contributed by atoms with van der Waals surface area (Å²) >= 11 is 3.37. The molecule has 0 spiro atoms. The average molecular weight is 538 g/mol. The van der Waals surface area contributed by atoms with Crippen molar-refractivity contribution in [3.8, 4) is 11.5 Å². The van der Waals surface area contributed by atoms with E-state index in [0.717, 1.165) is 34.4 Å². The highest BCUT2D eigenvalue weighted by molar-refractivity contribution is 9.10. The lowest BCUT2D eigenvalue weighted by Crippen LogP contribution is -2.46. The van der Waals surface area contributed by atoms with Crippen molar-refractivity contribution in [1.29, 1.82) is 0 Å². The van der Waals surface area contributed by atoms with E-state index in [1.807, 2.05) is 54.3 Å². The first-order chi connectivity index (χ1) is 16.4. The van der Waals surface area contributed by atoms with Crippen molar-refractivity contribution in [1.82, 2.24) is 4.98 Å². The third-order valence-electron chi connectivity index (χ3n) is 5.94. The van der Waals surface area contributed by atoms with Gasteiger partial charge in [-0.2, -0.15) is 4.98 Å². The number of nitrogens with zero attached hydrogens (tertiary/aromatic N) is 3. The van der Waals surface area contributed by atoms with Crippen LogP contribution < -0.4 is 9.80 Å². The number of aryl methyl sites for hydroxylation is 1. The number of benzene rings is 3. The van der Waals surface area contributed by atoms with Gasteiger partial charge >= 0.3 is 0 Å². The topological polar surface area (TPSA) is 66.7 Å². The largest absolute Gasteiger partial charge is 0.419 e. The van der Waals surface area contributed by atoms with Gasteiger partial charge in [0.15, 0.2) is 0 Å². The van der Waals surface area contributed by atoms with Crippen LogP contribution in [-0.2, 0) is 9.84 Å². The fourth-order valence-electron chi connectivity index (χ4n) is 4.02. The first kappa shape index (κ1) is 22.7. The van der Waals surface area contributed by atoms with Crippen LogP contribution in [0.1, 0.15) is 5.56 Å². The number of hydrogen-bond donors (Lipinski definition) is 0. The van der Waals surface area contributed by atoms with Gasteiger partial charge in [-0.3, -0.25) is 0 Å². The van der Waals surface area contributed by atoms with E-state index in [1.54, 1.807) is 24.3 Å². The molecule has 0 saturated carbocycles. The Hall–Kier alpha value is -3.10. The maximum Gasteiger partial charge on any atom is 0.236 e. The number of aromatic nitrogens is 1. The molecule has 0 atom stereocenters. The van der Waals surface area contributed by atoms with Gasteiger partial charge in [0.2, 0.25) is 26.6 Å². The van der Waals surface area contributed by atoms with E-state index in [-0.39, 0.29) is 9.92 Å². The second-order valence-electron chi connectivity index (χ2n) is 8.26. The minimum atomic E-state index is -3.88. The van der Waals surface area contributed by atoms with Crippen molar-refractivity contribution in [2.45, 2.75) is 16.8 Å². The van der Waals surface area contributed by atoms with E-state index in [9.17, 15) is 8.42 Å². The highest BCUT2D eigenvalue weighted by Gasteiger charge is 2.33. The molecule has 0 amide bonds. The fraction of sp³-hybridized carbons (Fsp3) is 0.192. The molecule has 0 unspecified atom stereocenters. The second-order valence-corrected chi connectivity index (χ2v) is 11.0. The fourth-order valence-corrected chi connectivity index (χ4v) is 5.61. The van der Waals surface area contributed by atoms with Crippen LogP contribution in [0, 0.1) is 6.92 Å². The summed E-state index contributed by atoms with van der Waals surface area (Å²) in [7, 11) is -3.88. The quantitative estimate of drug-likeness (QED) is 0.331. The van der Waals surface area contributed by atoms with Gasteiger partial charge in [-0.1, -0.05) is 51.8 Å². The van der Waals surface area contributed by atoms with Gasteiger partial charge in [0, 0.05) is 41.9 Å². The zero-order chi connectivity index (χ0) is 23.7. The summed E-state index contributed by atoms with van der Waals surface area (Å²) in [5.74, 6) is 0.599. The molecular formula is C26H24BrN3O3S. The molecule has 6 nitrogen and oxygen atoms in total. The van der Waals surface area contributed by atoms with Crippen LogP contribution in [0.5, 0.6) is 0 Å². The SMILES string of the molecule is Cc1ccc(-c2nc(S(=O)(=O)c3ccc(Br)cc3)c(N3CCN(c4ccccc4)CC3)o2)cc1. The van der Waals surface area contributed by atoms with Gasteiger partial charge in [-0.05, 0) is 55.5 Å². The first-order valence-electron chi connectivity index (χ1n) is 11.1. The number of piperazine rings is 1. The van der Waals surface area contributed by atoms with Crippen molar-refractivity contribution in [3.63, 3.8) is 0 Å². The molecular weight excluding hydrogens is 514 g/mol. The lowest BCUT2D eigenvalue weighted by atomic mass is 10.1. The van der Waals surface area contributed by atoms with Gasteiger partial charge in [-0.25, -0.2) is 8.42 Å². The molecule has 1 saturated heterocycles. The van der Waals surface area contributed by atoms with Crippen LogP contribution in [0.25, 0.3) is 11.5 Å². The normalized spacial score (nSPS) is 14.4. The highest BCUT2D eigenvalue weighted by atomic mass is 79.9. The van der Waals surface area contributed by atoms with E-state index in [0.29, 0.717) is 24.9 Å². The number of sulfone groups is 1. The molecule has 2 heterocycles. The van der Waals surface area contributed by atoms with Crippen molar-refractivity contribution in [3.05, 3.63) is 88.9 Å². The van der Waals surface area contributed by atoms with Gasteiger partial charge in [0.05, 0.1) is 4.90 Å². The van der Waals surface area contributed by atoms with Crippen LogP contribution in [0.15, 0.2) is 97.7 Å². The summed E-state index contributed by atoms with van der Waals surface area (Å²) < 4.78 is 34.2. The average Bonchev–Trinajstić information content (AvgIpc) is 3.32. The predicted molar refractivity (Wildman–Crippen MR) is 137 cm³/mol. The second kappa shape index (κ2) is 9.27. The standard InChI is InChI=1S/C26H24BrN3O3S/c1-19-7-9-20(10-8-19)24-28-25(34(31,32)23-13-11-21(27)12-14-23)26(33-24)30-17-15-29(16-18-30)22-5-3-2-4-6-22/h2-14H,15-18H2,1H3. The zero-order valence-corrected chi connectivity index (χ0v) is 21.1. The minimum absolute atomic E-state index is 0.0430. The summed E-state index contributed by atoms with van der Waals surface area (Å²) in [6, 6.07) is 24.5. The lowest BCUT2D eigenvalue weighted by molar-refractivity contribution is 0.525. The highest BCUT2D eigenvalue weighted by Crippen LogP contribution is 2.35. The van der Waals surface area contributed by atoms with E-state index in [1.165, 1.54) is 0 Å². The summed E-state index contributed by atoms with van der Waals surface area (Å²) in [6.07, 6.45) is 0. The van der Waals surface area contributed by atoms with E-state index < -0.39 is 9.84 Å². The number of rotatable bonds is 5. The molecule has 174 valence electrons. The molecule has 5 rings (SSSR count). The molecule has 0 aliphatic carbocycles. The molecule has 3 aromatic carbocycles. The number of para-hydroxylation sites is 1. The van der Waals surface area contributed by atoms with Gasteiger partial charge < -0.3 is 14.2 Å². The number of halogens is 1. The number of hydrogen-bond acceptors (Lipinski definition) is 6. The van der Waals surface area contributed by atoms with E-state index in [4.69, 9.17) is 4.42 Å². The zero-order valence-electron chi connectivity index (χ0n) is 18.7. The Morgan fingerprint density at radius 2 is 1.44 bits per heavy atom. The molecule has 34 heavy (non-hydrogen) atoms. The summed E-state index contributed by atoms with van der Waals surface area (Å²) in [5, 5.41) is -0.0430. The Bertz CT molecular complexity index is 1380. The maximum atomic E-state index is 13.6. The van der Waals surface area contributed by atoms with Crippen LogP contribution in [-0.4, -0.2) is 39.6 Å².